The van der Waals surface area contributed by atoms with Crippen LogP contribution in [-0.4, -0.2) is 61.1 Å². The monoisotopic (exact) mass is 527 g/mol. The standard InChI is InChI=1S/C26H29N3O7S/c1-19-12-14-22(15-13-19)37(34,35)28(25(26(31)36-2)16-20-8-4-3-5-9-20)17-21(18-30)27-23-10-6-7-11-24(23)29(32)33/h3-15,21,25,27,30H,16-18H2,1-2H3/t21-,25+/m1/s1. The number of sulfonamides is 1. The number of nitrogens with one attached hydrogen (secondary N) is 1. The number of aliphatic hydroxyl groups is 1. The number of aryl methyl sites for hydroxylation is 1. The molecule has 2 N–H and O–H groups in total. The summed E-state index contributed by atoms with van der Waals surface area (Å²) in [5.74, 6) is -0.776. The van der Waals surface area contributed by atoms with E-state index >= 15 is 0 Å². The van der Waals surface area contributed by atoms with Crippen molar-refractivity contribution in [1.29, 1.82) is 0 Å². The number of nitro groups is 1. The average Bonchev–Trinajstić information content (AvgIpc) is 2.90. The number of hydrogen-bond donors (Lipinski definition) is 2. The molecule has 2 atom stereocenters. The van der Waals surface area contributed by atoms with Crippen molar-refractivity contribution < 1.29 is 28.0 Å². The Morgan fingerprint density at radius 3 is 2.27 bits per heavy atom. The molecule has 0 aliphatic carbocycles. The Hall–Kier alpha value is -3.80. The summed E-state index contributed by atoms with van der Waals surface area (Å²) in [5, 5.41) is 24.5. The maximum absolute atomic E-state index is 13.9. The molecule has 196 valence electrons. The topological polar surface area (TPSA) is 139 Å². The predicted molar refractivity (Wildman–Crippen MR) is 139 cm³/mol. The molecule has 10 nitrogen and oxygen atoms in total. The van der Waals surface area contributed by atoms with Crippen molar-refractivity contribution in [2.24, 2.45) is 0 Å². The zero-order valence-corrected chi connectivity index (χ0v) is 21.3. The van der Waals surface area contributed by atoms with Gasteiger partial charge in [0.15, 0.2) is 0 Å². The summed E-state index contributed by atoms with van der Waals surface area (Å²) in [4.78, 5) is 23.8. The number of nitrogens with zero attached hydrogens (tertiary/aromatic N) is 2. The minimum Gasteiger partial charge on any atom is -0.468 e. The fraction of sp³-hybridized carbons (Fsp3) is 0.269. The largest absolute Gasteiger partial charge is 0.468 e. The quantitative estimate of drug-likeness (QED) is 0.208. The maximum atomic E-state index is 13.9. The Labute approximate surface area is 215 Å². The fourth-order valence-corrected chi connectivity index (χ4v) is 5.48. The number of ether oxygens (including phenoxy) is 1. The fourth-order valence-electron chi connectivity index (χ4n) is 3.86. The van der Waals surface area contributed by atoms with Crippen LogP contribution in [0.1, 0.15) is 11.1 Å². The van der Waals surface area contributed by atoms with Gasteiger partial charge in [-0.15, -0.1) is 0 Å². The second kappa shape index (κ2) is 12.4. The molecule has 0 radical (unpaired) electrons. The second-order valence-electron chi connectivity index (χ2n) is 8.41. The van der Waals surface area contributed by atoms with Crippen LogP contribution in [-0.2, 0) is 26.0 Å². The first-order chi connectivity index (χ1) is 17.7. The van der Waals surface area contributed by atoms with Gasteiger partial charge in [-0.05, 0) is 37.1 Å². The van der Waals surface area contributed by atoms with Gasteiger partial charge in [0.1, 0.15) is 11.7 Å². The summed E-state index contributed by atoms with van der Waals surface area (Å²) in [5.41, 5.74) is 1.43. The highest BCUT2D eigenvalue weighted by atomic mass is 32.2. The highest BCUT2D eigenvalue weighted by Crippen LogP contribution is 2.26. The number of hydrogen-bond acceptors (Lipinski definition) is 8. The van der Waals surface area contributed by atoms with E-state index in [0.29, 0.717) is 5.56 Å². The van der Waals surface area contributed by atoms with Crippen molar-refractivity contribution in [3.05, 3.63) is 100 Å². The van der Waals surface area contributed by atoms with Gasteiger partial charge in [0.2, 0.25) is 10.0 Å². The third-order valence-corrected chi connectivity index (χ3v) is 7.69. The molecule has 0 unspecified atom stereocenters. The maximum Gasteiger partial charge on any atom is 0.324 e. The number of benzene rings is 3. The van der Waals surface area contributed by atoms with Crippen molar-refractivity contribution in [1.82, 2.24) is 4.31 Å². The van der Waals surface area contributed by atoms with Gasteiger partial charge in [0.05, 0.1) is 29.6 Å². The van der Waals surface area contributed by atoms with Crippen molar-refractivity contribution in [2.45, 2.75) is 30.3 Å². The van der Waals surface area contributed by atoms with Crippen LogP contribution in [0.3, 0.4) is 0 Å². The summed E-state index contributed by atoms with van der Waals surface area (Å²) in [6.45, 7) is 0.885. The molecule has 0 aromatic heterocycles. The number of aliphatic hydroxyl groups excluding tert-OH is 1. The van der Waals surface area contributed by atoms with Crippen LogP contribution in [0.25, 0.3) is 0 Å². The average molecular weight is 528 g/mol. The molecule has 0 bridgehead atoms. The zero-order chi connectivity index (χ0) is 27.0. The van der Waals surface area contributed by atoms with Crippen molar-refractivity contribution in [3.63, 3.8) is 0 Å². The molecule has 0 aliphatic rings. The SMILES string of the molecule is COC(=O)[C@H](Cc1ccccc1)N(C[C@H](CO)Nc1ccccc1[N+](=O)[O-])S(=O)(=O)c1ccc(C)cc1. The molecule has 11 heteroatoms. The van der Waals surface area contributed by atoms with E-state index in [1.54, 1.807) is 48.5 Å². The number of para-hydroxylation sites is 2. The van der Waals surface area contributed by atoms with Gasteiger partial charge in [-0.3, -0.25) is 14.9 Å². The number of anilines is 1. The Kier molecular flexibility index (Phi) is 9.34. The van der Waals surface area contributed by atoms with E-state index in [-0.39, 0.29) is 29.2 Å². The third-order valence-electron chi connectivity index (χ3n) is 5.80. The highest BCUT2D eigenvalue weighted by molar-refractivity contribution is 7.89. The molecule has 0 heterocycles. The molecule has 0 fully saturated rings. The van der Waals surface area contributed by atoms with Crippen LogP contribution in [0.15, 0.2) is 83.8 Å². The molecule has 0 saturated heterocycles. The minimum absolute atomic E-state index is 0.0161. The number of rotatable bonds is 12. The third kappa shape index (κ3) is 6.91. The van der Waals surface area contributed by atoms with Gasteiger partial charge >= 0.3 is 5.97 Å². The summed E-state index contributed by atoms with van der Waals surface area (Å²) in [6.07, 6.45) is 0.0161. The molecule has 0 spiro atoms. The van der Waals surface area contributed by atoms with E-state index in [4.69, 9.17) is 4.74 Å². The summed E-state index contributed by atoms with van der Waals surface area (Å²) in [7, 11) is -3.10. The van der Waals surface area contributed by atoms with Crippen LogP contribution >= 0.6 is 0 Å². The van der Waals surface area contributed by atoms with E-state index in [1.807, 2.05) is 6.92 Å². The lowest BCUT2D eigenvalue weighted by Crippen LogP contribution is -2.51. The number of esters is 1. The van der Waals surface area contributed by atoms with E-state index in [9.17, 15) is 28.4 Å². The van der Waals surface area contributed by atoms with Crippen LogP contribution in [0.4, 0.5) is 11.4 Å². The molecular formula is C26H29N3O7S. The van der Waals surface area contributed by atoms with Gasteiger partial charge in [-0.1, -0.05) is 60.2 Å². The van der Waals surface area contributed by atoms with Gasteiger partial charge in [0.25, 0.3) is 5.69 Å². The molecule has 0 amide bonds. The number of carbonyl (C=O) groups is 1. The van der Waals surface area contributed by atoms with E-state index < -0.39 is 39.6 Å². The van der Waals surface area contributed by atoms with E-state index in [2.05, 4.69) is 5.32 Å². The summed E-state index contributed by atoms with van der Waals surface area (Å²) < 4.78 is 33.7. The van der Waals surface area contributed by atoms with Crippen LogP contribution < -0.4 is 5.32 Å². The van der Waals surface area contributed by atoms with Crippen molar-refractivity contribution >= 4 is 27.4 Å². The lowest BCUT2D eigenvalue weighted by Gasteiger charge is -2.32. The molecule has 3 aromatic rings. The highest BCUT2D eigenvalue weighted by Gasteiger charge is 2.38. The summed E-state index contributed by atoms with van der Waals surface area (Å²) >= 11 is 0. The second-order valence-corrected chi connectivity index (χ2v) is 10.3. The molecule has 0 aliphatic heterocycles. The number of carbonyl (C=O) groups excluding carboxylic acids is 1. The number of nitro benzene ring substituents is 1. The lowest BCUT2D eigenvalue weighted by molar-refractivity contribution is -0.384. The smallest absolute Gasteiger partial charge is 0.324 e. The van der Waals surface area contributed by atoms with Crippen LogP contribution in [0.2, 0.25) is 0 Å². The lowest BCUT2D eigenvalue weighted by atomic mass is 10.1. The minimum atomic E-state index is -4.27. The first-order valence-corrected chi connectivity index (χ1v) is 12.9. The zero-order valence-electron chi connectivity index (χ0n) is 20.5. The van der Waals surface area contributed by atoms with Crippen LogP contribution in [0.5, 0.6) is 0 Å². The van der Waals surface area contributed by atoms with Gasteiger partial charge < -0.3 is 15.2 Å². The first kappa shape index (κ1) is 27.8. The van der Waals surface area contributed by atoms with E-state index in [0.717, 1.165) is 9.87 Å². The van der Waals surface area contributed by atoms with Crippen molar-refractivity contribution in [3.8, 4) is 0 Å². The first-order valence-electron chi connectivity index (χ1n) is 11.5. The summed E-state index contributed by atoms with van der Waals surface area (Å²) in [6, 6.07) is 18.6. The van der Waals surface area contributed by atoms with Gasteiger partial charge in [-0.25, -0.2) is 8.42 Å². The Morgan fingerprint density at radius 2 is 1.68 bits per heavy atom. The van der Waals surface area contributed by atoms with E-state index in [1.165, 1.54) is 37.4 Å². The molecule has 37 heavy (non-hydrogen) atoms. The van der Waals surface area contributed by atoms with Crippen LogP contribution in [0, 0.1) is 17.0 Å². The molecule has 0 saturated carbocycles. The normalized spacial score (nSPS) is 13.1. The number of methoxy groups -OCH3 is 1. The molecular weight excluding hydrogens is 498 g/mol. The van der Waals surface area contributed by atoms with Gasteiger partial charge in [0, 0.05) is 12.6 Å². The Bertz CT molecular complexity index is 1320. The molecule has 3 rings (SSSR count). The van der Waals surface area contributed by atoms with Gasteiger partial charge in [-0.2, -0.15) is 4.31 Å². The Morgan fingerprint density at radius 1 is 1.05 bits per heavy atom. The predicted octanol–water partition coefficient (Wildman–Crippen LogP) is 3.15. The van der Waals surface area contributed by atoms with Crippen molar-refractivity contribution in [2.75, 3.05) is 25.6 Å². The Balaban J connectivity index is 2.06. The molecule has 3 aromatic carbocycles.